The maximum atomic E-state index is 12.2. The van der Waals surface area contributed by atoms with Crippen molar-refractivity contribution in [2.75, 3.05) is 13.2 Å². The summed E-state index contributed by atoms with van der Waals surface area (Å²) in [6.07, 6.45) is 24.5. The number of rotatable bonds is 13. The molecule has 43 heavy (non-hydrogen) atoms. The Balaban J connectivity index is 1.03. The van der Waals surface area contributed by atoms with E-state index in [0.29, 0.717) is 17.4 Å². The van der Waals surface area contributed by atoms with E-state index in [-0.39, 0.29) is 43.6 Å². The summed E-state index contributed by atoms with van der Waals surface area (Å²) >= 11 is 0. The van der Waals surface area contributed by atoms with E-state index in [1.54, 1.807) is 5.57 Å². The van der Waals surface area contributed by atoms with Gasteiger partial charge < -0.3 is 14.2 Å². The zero-order chi connectivity index (χ0) is 30.5. The average molecular weight is 599 g/mol. The van der Waals surface area contributed by atoms with Crippen molar-refractivity contribution in [1.82, 2.24) is 0 Å². The summed E-state index contributed by atoms with van der Waals surface area (Å²) in [5.41, 5.74) is 2.54. The Morgan fingerprint density at radius 3 is 2.44 bits per heavy atom. The van der Waals surface area contributed by atoms with Crippen LogP contribution in [-0.2, 0) is 23.8 Å². The summed E-state index contributed by atoms with van der Waals surface area (Å²) in [6, 6.07) is 0. The van der Waals surface area contributed by atoms with Crippen molar-refractivity contribution in [2.45, 2.75) is 162 Å². The fourth-order valence-corrected chi connectivity index (χ4v) is 10.4. The molecule has 4 saturated carbocycles. The van der Waals surface area contributed by atoms with Crippen LogP contribution >= 0.6 is 0 Å². The van der Waals surface area contributed by atoms with Crippen molar-refractivity contribution in [3.05, 3.63) is 11.6 Å². The second-order valence-electron chi connectivity index (χ2n) is 16.0. The van der Waals surface area contributed by atoms with Crippen molar-refractivity contribution in [2.24, 2.45) is 40.4 Å². The normalized spacial score (nSPS) is 35.9. The Morgan fingerprint density at radius 1 is 0.860 bits per heavy atom. The second kappa shape index (κ2) is 14.8. The highest BCUT2D eigenvalue weighted by Crippen LogP contribution is 2.66. The maximum Gasteiger partial charge on any atom is 0.306 e. The van der Waals surface area contributed by atoms with E-state index >= 15 is 0 Å². The molecule has 0 saturated heterocycles. The van der Waals surface area contributed by atoms with Gasteiger partial charge in [0, 0.05) is 0 Å². The molecule has 0 spiro atoms. The van der Waals surface area contributed by atoms with E-state index in [0.717, 1.165) is 68.1 Å². The molecular weight excluding hydrogens is 536 g/mol. The molecule has 7 unspecified atom stereocenters. The molecule has 0 amide bonds. The third kappa shape index (κ3) is 7.90. The van der Waals surface area contributed by atoms with Gasteiger partial charge in [0.05, 0.1) is 25.6 Å². The molecule has 5 nitrogen and oxygen atoms in total. The summed E-state index contributed by atoms with van der Waals surface area (Å²) in [5, 5.41) is 0. The molecule has 0 aliphatic heterocycles. The molecule has 0 bridgehead atoms. The molecule has 0 radical (unpaired) electrons. The summed E-state index contributed by atoms with van der Waals surface area (Å²) in [4.78, 5) is 24.2. The smallest absolute Gasteiger partial charge is 0.306 e. The van der Waals surface area contributed by atoms with Gasteiger partial charge >= 0.3 is 11.9 Å². The number of hydrogen-bond acceptors (Lipinski definition) is 5. The highest BCUT2D eigenvalue weighted by Gasteiger charge is 2.58. The van der Waals surface area contributed by atoms with Crippen LogP contribution in [-0.4, -0.2) is 37.4 Å². The molecule has 0 aromatic heterocycles. The van der Waals surface area contributed by atoms with Crippen LogP contribution in [0.15, 0.2) is 11.6 Å². The monoisotopic (exact) mass is 598 g/mol. The highest BCUT2D eigenvalue weighted by atomic mass is 16.6. The number of carbonyl (C=O) groups is 2. The first-order valence-corrected chi connectivity index (χ1v) is 18.3. The number of fused-ring (bicyclic) bond motifs is 5. The van der Waals surface area contributed by atoms with Crippen LogP contribution < -0.4 is 0 Å². The van der Waals surface area contributed by atoms with Gasteiger partial charge in [0.2, 0.25) is 0 Å². The van der Waals surface area contributed by atoms with Crippen molar-refractivity contribution in [3.63, 3.8) is 0 Å². The number of allylic oxidation sites excluding steroid dienone is 1. The fourth-order valence-electron chi connectivity index (χ4n) is 10.4. The van der Waals surface area contributed by atoms with Gasteiger partial charge in [-0.15, -0.1) is 0 Å². The molecule has 0 heterocycles. The third-order valence-electron chi connectivity index (χ3n) is 12.9. The Morgan fingerprint density at radius 2 is 1.65 bits per heavy atom. The Hall–Kier alpha value is -1.36. The molecule has 0 aromatic rings. The lowest BCUT2D eigenvalue weighted by Gasteiger charge is -2.58. The molecule has 0 aromatic carbocycles. The van der Waals surface area contributed by atoms with Crippen molar-refractivity contribution in [1.29, 1.82) is 0 Å². The van der Waals surface area contributed by atoms with E-state index in [4.69, 9.17) is 14.2 Å². The number of ether oxygens (including phenoxy) is 3. The van der Waals surface area contributed by atoms with Crippen molar-refractivity contribution in [3.8, 4) is 0 Å². The zero-order valence-electron chi connectivity index (χ0n) is 28.0. The quantitative estimate of drug-likeness (QED) is 0.120. The molecule has 4 fully saturated rings. The third-order valence-corrected chi connectivity index (χ3v) is 12.9. The van der Waals surface area contributed by atoms with E-state index in [1.807, 2.05) is 0 Å². The van der Waals surface area contributed by atoms with Gasteiger partial charge in [-0.25, -0.2) is 0 Å². The molecular formula is C38H62O5. The molecule has 5 aliphatic carbocycles. The van der Waals surface area contributed by atoms with Crippen LogP contribution in [0.3, 0.4) is 0 Å². The first kappa shape index (κ1) is 33.0. The van der Waals surface area contributed by atoms with E-state index < -0.39 is 0 Å². The summed E-state index contributed by atoms with van der Waals surface area (Å²) in [6.45, 7) is 10.7. The van der Waals surface area contributed by atoms with Gasteiger partial charge in [0.25, 0.3) is 0 Å². The molecule has 244 valence electrons. The second-order valence-corrected chi connectivity index (χ2v) is 16.0. The standard InChI is InChI=1S/C38H62O5/c1-27(2)10-8-9-11-28-15-17-33-32-16-14-29-26-31(20-22-38(29,4)34(32)21-23-37(28,33)3)41-24-25-42-35(39)18-19-36(40)43-30-12-6-5-7-13-30/h14,27-28,30-34H,5-13,15-26H2,1-4H3. The number of hydrogen-bond donors (Lipinski definition) is 0. The molecule has 7 atom stereocenters. The van der Waals surface area contributed by atoms with Crippen LogP contribution in [0, 0.1) is 40.4 Å². The van der Waals surface area contributed by atoms with E-state index in [1.165, 1.54) is 70.6 Å². The van der Waals surface area contributed by atoms with Crippen LogP contribution in [0.25, 0.3) is 0 Å². The van der Waals surface area contributed by atoms with Crippen LogP contribution in [0.2, 0.25) is 0 Å². The maximum absolute atomic E-state index is 12.2. The van der Waals surface area contributed by atoms with Gasteiger partial charge in [-0.2, -0.15) is 0 Å². The number of esters is 2. The van der Waals surface area contributed by atoms with E-state index in [2.05, 4.69) is 33.8 Å². The lowest BCUT2D eigenvalue weighted by molar-refractivity contribution is -0.155. The predicted molar refractivity (Wildman–Crippen MR) is 171 cm³/mol. The SMILES string of the molecule is CC(C)CCCCC1CCC2C3CC=C4CC(OCCOC(=O)CCC(=O)OC5CCCCC5)CCC4(C)C3CCC12C. The minimum atomic E-state index is -0.338. The number of carbonyl (C=O) groups excluding carboxylic acids is 2. The predicted octanol–water partition coefficient (Wildman–Crippen LogP) is 9.37. The fraction of sp³-hybridized carbons (Fsp3) is 0.895. The largest absolute Gasteiger partial charge is 0.463 e. The topological polar surface area (TPSA) is 61.8 Å². The van der Waals surface area contributed by atoms with Crippen LogP contribution in [0.1, 0.15) is 150 Å². The highest BCUT2D eigenvalue weighted by molar-refractivity contribution is 5.77. The lowest BCUT2D eigenvalue weighted by atomic mass is 9.47. The number of unbranched alkanes of at least 4 members (excludes halogenated alkanes) is 1. The van der Waals surface area contributed by atoms with Crippen LogP contribution in [0.5, 0.6) is 0 Å². The Bertz CT molecular complexity index is 965. The first-order chi connectivity index (χ1) is 20.7. The Labute approximate surface area is 262 Å². The Kier molecular flexibility index (Phi) is 11.4. The zero-order valence-corrected chi connectivity index (χ0v) is 28.0. The van der Waals surface area contributed by atoms with Crippen LogP contribution in [0.4, 0.5) is 0 Å². The summed E-state index contributed by atoms with van der Waals surface area (Å²) in [7, 11) is 0. The van der Waals surface area contributed by atoms with Gasteiger partial charge in [-0.1, -0.05) is 65.0 Å². The minimum Gasteiger partial charge on any atom is -0.463 e. The molecule has 5 aliphatic rings. The lowest BCUT2D eigenvalue weighted by Crippen LogP contribution is -2.50. The first-order valence-electron chi connectivity index (χ1n) is 18.3. The molecule has 0 N–H and O–H groups in total. The molecule has 5 rings (SSSR count). The van der Waals surface area contributed by atoms with Gasteiger partial charge in [-0.05, 0) is 124 Å². The molecule has 5 heteroatoms. The van der Waals surface area contributed by atoms with Gasteiger partial charge in [0.15, 0.2) is 0 Å². The summed E-state index contributed by atoms with van der Waals surface area (Å²) in [5.74, 6) is 3.77. The average Bonchev–Trinajstić information content (AvgIpc) is 3.33. The summed E-state index contributed by atoms with van der Waals surface area (Å²) < 4.78 is 17.1. The van der Waals surface area contributed by atoms with Gasteiger partial charge in [0.1, 0.15) is 12.7 Å². The van der Waals surface area contributed by atoms with Gasteiger partial charge in [-0.3, -0.25) is 9.59 Å². The van der Waals surface area contributed by atoms with Crippen molar-refractivity contribution >= 4 is 11.9 Å². The van der Waals surface area contributed by atoms with Crippen molar-refractivity contribution < 1.29 is 23.8 Å². The van der Waals surface area contributed by atoms with E-state index in [9.17, 15) is 9.59 Å². The minimum absolute atomic E-state index is 0.0378.